The maximum atomic E-state index is 13.7. The third-order valence-electron chi connectivity index (χ3n) is 7.16. The molecule has 14 nitrogen and oxygen atoms in total. The van der Waals surface area contributed by atoms with Crippen LogP contribution in [0.1, 0.15) is 23.7 Å². The number of carbonyl (C=O) groups is 4. The molecule has 0 aliphatic carbocycles. The van der Waals surface area contributed by atoms with Crippen molar-refractivity contribution < 1.29 is 34.5 Å². The van der Waals surface area contributed by atoms with Gasteiger partial charge in [0.2, 0.25) is 17.7 Å². The second-order valence-corrected chi connectivity index (χ2v) is 10.5. The highest BCUT2D eigenvalue weighted by atomic mass is 16.4. The van der Waals surface area contributed by atoms with E-state index in [4.69, 9.17) is 5.73 Å². The Morgan fingerprint density at radius 2 is 1.50 bits per heavy atom. The number of rotatable bonds is 14. The van der Waals surface area contributed by atoms with Gasteiger partial charge >= 0.3 is 5.97 Å². The van der Waals surface area contributed by atoms with Gasteiger partial charge in [0, 0.05) is 48.3 Å². The summed E-state index contributed by atoms with van der Waals surface area (Å²) < 4.78 is 0. The van der Waals surface area contributed by atoms with Crippen LogP contribution >= 0.6 is 0 Å². The van der Waals surface area contributed by atoms with Crippen molar-refractivity contribution in [3.63, 3.8) is 0 Å². The van der Waals surface area contributed by atoms with Crippen molar-refractivity contribution in [1.82, 2.24) is 30.9 Å². The lowest BCUT2D eigenvalue weighted by Gasteiger charge is -2.25. The number of para-hydroxylation sites is 1. The molecule has 0 radical (unpaired) electrons. The first-order valence-electron chi connectivity index (χ1n) is 13.9. The van der Waals surface area contributed by atoms with Gasteiger partial charge in [-0.1, -0.05) is 30.3 Å². The number of carboxylic acid groups (broad SMARTS) is 1. The third-order valence-corrected chi connectivity index (χ3v) is 7.16. The van der Waals surface area contributed by atoms with E-state index in [1.54, 1.807) is 6.20 Å². The van der Waals surface area contributed by atoms with Crippen molar-refractivity contribution in [2.24, 2.45) is 5.73 Å². The number of H-pyrrole nitrogens is 2. The number of benzene rings is 2. The number of aromatic amines is 2. The molecule has 4 aromatic rings. The Kier molecular flexibility index (Phi) is 10.3. The molecule has 5 unspecified atom stereocenters. The number of hydrogen-bond donors (Lipinski definition) is 9. The van der Waals surface area contributed by atoms with E-state index >= 15 is 0 Å². The van der Waals surface area contributed by atoms with Crippen molar-refractivity contribution in [3.05, 3.63) is 84.1 Å². The Labute approximate surface area is 252 Å². The fraction of sp³-hybridized carbons (Fsp3) is 0.300. The van der Waals surface area contributed by atoms with Crippen molar-refractivity contribution in [2.45, 2.75) is 56.5 Å². The Bertz CT molecular complexity index is 1580. The van der Waals surface area contributed by atoms with E-state index in [2.05, 4.69) is 30.9 Å². The highest BCUT2D eigenvalue weighted by molar-refractivity contribution is 5.95. The van der Waals surface area contributed by atoms with Gasteiger partial charge in [0.05, 0.1) is 12.4 Å². The molecule has 0 spiro atoms. The van der Waals surface area contributed by atoms with Gasteiger partial charge in [-0.25, -0.2) is 9.78 Å². The first-order chi connectivity index (χ1) is 21.0. The van der Waals surface area contributed by atoms with Crippen LogP contribution < -0.4 is 21.7 Å². The number of aliphatic carboxylic acids is 1. The smallest absolute Gasteiger partial charge is 0.326 e. The molecular formula is C30H35N7O7. The van der Waals surface area contributed by atoms with Crippen LogP contribution in [-0.2, 0) is 38.4 Å². The average Bonchev–Trinajstić information content (AvgIpc) is 3.66. The Hall–Kier alpha value is -5.21. The van der Waals surface area contributed by atoms with E-state index in [9.17, 15) is 34.5 Å². The highest BCUT2D eigenvalue weighted by Crippen LogP contribution is 2.19. The number of aromatic hydroxyl groups is 1. The number of nitrogens with one attached hydrogen (secondary N) is 5. The summed E-state index contributed by atoms with van der Waals surface area (Å²) >= 11 is 0. The summed E-state index contributed by atoms with van der Waals surface area (Å²) in [5, 5.41) is 37.7. The summed E-state index contributed by atoms with van der Waals surface area (Å²) in [4.78, 5) is 62.0. The van der Waals surface area contributed by atoms with Crippen LogP contribution in [0.2, 0.25) is 0 Å². The zero-order valence-corrected chi connectivity index (χ0v) is 23.9. The fourth-order valence-electron chi connectivity index (χ4n) is 4.65. The van der Waals surface area contributed by atoms with Crippen LogP contribution in [0.15, 0.2) is 67.3 Å². The monoisotopic (exact) mass is 605 g/mol. The molecule has 4 rings (SSSR count). The quantitative estimate of drug-likeness (QED) is 0.0929. The topological polar surface area (TPSA) is 236 Å². The van der Waals surface area contributed by atoms with Crippen LogP contribution in [0.4, 0.5) is 0 Å². The first kappa shape index (κ1) is 31.7. The number of nitrogens with zero attached hydrogens (tertiary/aromatic N) is 1. The summed E-state index contributed by atoms with van der Waals surface area (Å²) in [5.41, 5.74) is 8.40. The molecule has 14 heteroatoms. The molecule has 2 aromatic heterocycles. The molecule has 5 atom stereocenters. The largest absolute Gasteiger partial charge is 0.508 e. The van der Waals surface area contributed by atoms with Gasteiger partial charge in [-0.2, -0.15) is 0 Å². The van der Waals surface area contributed by atoms with Gasteiger partial charge in [0.15, 0.2) is 0 Å². The number of aromatic nitrogens is 3. The van der Waals surface area contributed by atoms with Crippen LogP contribution in [-0.4, -0.2) is 84.2 Å². The molecule has 3 amide bonds. The predicted molar refractivity (Wildman–Crippen MR) is 159 cm³/mol. The van der Waals surface area contributed by atoms with Crippen LogP contribution in [0.25, 0.3) is 10.9 Å². The Morgan fingerprint density at radius 3 is 2.14 bits per heavy atom. The van der Waals surface area contributed by atoms with Crippen molar-refractivity contribution in [3.8, 4) is 5.75 Å². The van der Waals surface area contributed by atoms with E-state index in [1.165, 1.54) is 43.7 Å². The second kappa shape index (κ2) is 14.3. The highest BCUT2D eigenvalue weighted by Gasteiger charge is 2.32. The number of hydrogen-bond acceptors (Lipinski definition) is 8. The second-order valence-electron chi connectivity index (χ2n) is 10.5. The van der Waals surface area contributed by atoms with Crippen molar-refractivity contribution >= 4 is 34.6 Å². The van der Waals surface area contributed by atoms with E-state index < -0.39 is 54.0 Å². The lowest BCUT2D eigenvalue weighted by Crippen LogP contribution is -2.59. The molecule has 2 aromatic carbocycles. The lowest BCUT2D eigenvalue weighted by atomic mass is 10.0. The molecule has 0 aliphatic heterocycles. The summed E-state index contributed by atoms with van der Waals surface area (Å²) in [6.07, 6.45) is 3.25. The minimum Gasteiger partial charge on any atom is -0.508 e. The predicted octanol–water partition coefficient (Wildman–Crippen LogP) is -0.128. The molecule has 10 N–H and O–H groups in total. The molecule has 0 bridgehead atoms. The Morgan fingerprint density at radius 1 is 0.864 bits per heavy atom. The average molecular weight is 606 g/mol. The summed E-state index contributed by atoms with van der Waals surface area (Å²) in [7, 11) is 0. The maximum Gasteiger partial charge on any atom is 0.326 e. The first-order valence-corrected chi connectivity index (χ1v) is 13.9. The molecule has 0 aliphatic rings. The number of carbonyl (C=O) groups excluding carboxylic acids is 3. The zero-order valence-electron chi connectivity index (χ0n) is 23.9. The number of aliphatic hydroxyl groups excluding tert-OH is 1. The maximum absolute atomic E-state index is 13.7. The van der Waals surface area contributed by atoms with Gasteiger partial charge in [-0.3, -0.25) is 14.4 Å². The third kappa shape index (κ3) is 8.20. The molecular weight excluding hydrogens is 570 g/mol. The minimum atomic E-state index is -1.35. The zero-order chi connectivity index (χ0) is 31.8. The number of phenolic OH excluding ortho intramolecular Hbond substituents is 1. The van der Waals surface area contributed by atoms with E-state index in [0.29, 0.717) is 16.8 Å². The van der Waals surface area contributed by atoms with E-state index in [-0.39, 0.29) is 25.0 Å². The summed E-state index contributed by atoms with van der Waals surface area (Å²) in [6.45, 7) is 1.35. The molecule has 44 heavy (non-hydrogen) atoms. The number of amides is 3. The SMILES string of the molecule is CC(O)C(N)C(=O)NC(Cc1c[nH]c2ccccc12)C(=O)NC(Cc1cnc[nH]1)C(=O)NC(Cc1ccc(O)cc1)C(=O)O. The summed E-state index contributed by atoms with van der Waals surface area (Å²) in [5.74, 6) is -3.57. The number of imidazole rings is 1. The van der Waals surface area contributed by atoms with Gasteiger partial charge in [-0.15, -0.1) is 0 Å². The lowest BCUT2D eigenvalue weighted by molar-refractivity contribution is -0.142. The number of aliphatic hydroxyl groups is 1. The number of fused-ring (bicyclic) bond motifs is 1. The van der Waals surface area contributed by atoms with Crippen LogP contribution in [0.3, 0.4) is 0 Å². The standard InChI is InChI=1S/C30H35N7O7/c1-16(38)26(31)29(42)36-23(11-18-13-33-22-5-3-2-4-21(18)22)27(40)35-24(12-19-14-32-15-34-19)28(41)37-25(30(43)44)10-17-6-8-20(39)9-7-17/h2-9,13-16,23-26,33,38-39H,10-12,31H2,1H3,(H,32,34)(H,35,40)(H,36,42)(H,37,41)(H,43,44). The molecule has 232 valence electrons. The molecule has 2 heterocycles. The van der Waals surface area contributed by atoms with Gasteiger partial charge in [-0.05, 0) is 36.2 Å². The normalized spacial score (nSPS) is 14.6. The van der Waals surface area contributed by atoms with Gasteiger partial charge in [0.25, 0.3) is 0 Å². The molecule has 0 saturated carbocycles. The minimum absolute atomic E-state index is 0.00989. The summed E-state index contributed by atoms with van der Waals surface area (Å²) in [6, 6.07) is 8.15. The molecule has 0 saturated heterocycles. The van der Waals surface area contributed by atoms with E-state index in [1.807, 2.05) is 24.3 Å². The number of nitrogens with two attached hydrogens (primary N) is 1. The molecule has 0 fully saturated rings. The number of phenols is 1. The Balaban J connectivity index is 1.57. The van der Waals surface area contributed by atoms with Gasteiger partial charge in [0.1, 0.15) is 29.9 Å². The van der Waals surface area contributed by atoms with Crippen molar-refractivity contribution in [1.29, 1.82) is 0 Å². The fourth-order valence-corrected chi connectivity index (χ4v) is 4.65. The number of carboxylic acids is 1. The van der Waals surface area contributed by atoms with Crippen LogP contribution in [0, 0.1) is 0 Å². The van der Waals surface area contributed by atoms with Gasteiger partial charge < -0.3 is 47.0 Å². The van der Waals surface area contributed by atoms with Crippen molar-refractivity contribution in [2.75, 3.05) is 0 Å². The van der Waals surface area contributed by atoms with E-state index in [0.717, 1.165) is 10.9 Å². The van der Waals surface area contributed by atoms with Crippen LogP contribution in [0.5, 0.6) is 5.75 Å².